The van der Waals surface area contributed by atoms with Crippen molar-refractivity contribution < 1.29 is 14.3 Å². The van der Waals surface area contributed by atoms with Crippen LogP contribution in [-0.2, 0) is 4.79 Å². The predicted molar refractivity (Wildman–Crippen MR) is 121 cm³/mol. The van der Waals surface area contributed by atoms with Crippen LogP contribution in [0.3, 0.4) is 0 Å². The molecule has 0 spiro atoms. The Morgan fingerprint density at radius 1 is 0.900 bits per heavy atom. The lowest BCUT2D eigenvalue weighted by Gasteiger charge is -2.12. The first-order valence-electron chi connectivity index (χ1n) is 9.19. The molecule has 3 aromatic carbocycles. The van der Waals surface area contributed by atoms with Crippen LogP contribution in [0.25, 0.3) is 0 Å². The largest absolute Gasteiger partial charge is 0.483 e. The maximum absolute atomic E-state index is 12.5. The Hall–Kier alpha value is -3.02. The lowest BCUT2D eigenvalue weighted by Crippen LogP contribution is -2.20. The quantitative estimate of drug-likeness (QED) is 0.500. The Morgan fingerprint density at radius 2 is 1.60 bits per heavy atom. The molecule has 0 aromatic heterocycles. The van der Waals surface area contributed by atoms with E-state index >= 15 is 0 Å². The number of anilines is 2. The Bertz CT molecular complexity index is 1100. The molecule has 0 heterocycles. The maximum Gasteiger partial charge on any atom is 0.262 e. The topological polar surface area (TPSA) is 67.4 Å². The second-order valence-corrected chi connectivity index (χ2v) is 7.54. The first kappa shape index (κ1) is 21.7. The van der Waals surface area contributed by atoms with E-state index < -0.39 is 0 Å². The maximum atomic E-state index is 12.5. The fraction of sp³-hybridized carbons (Fsp3) is 0.130. The first-order chi connectivity index (χ1) is 14.3. The van der Waals surface area contributed by atoms with Gasteiger partial charge in [-0.1, -0.05) is 41.4 Å². The van der Waals surface area contributed by atoms with E-state index in [1.807, 2.05) is 32.0 Å². The van der Waals surface area contributed by atoms with Crippen molar-refractivity contribution in [1.82, 2.24) is 0 Å². The molecule has 0 aliphatic heterocycles. The van der Waals surface area contributed by atoms with Gasteiger partial charge < -0.3 is 15.4 Å². The molecule has 0 fully saturated rings. The van der Waals surface area contributed by atoms with Crippen molar-refractivity contribution in [2.45, 2.75) is 13.8 Å². The molecule has 0 unspecified atom stereocenters. The summed E-state index contributed by atoms with van der Waals surface area (Å²) in [4.78, 5) is 24.7. The van der Waals surface area contributed by atoms with Gasteiger partial charge in [0.25, 0.3) is 11.8 Å². The van der Waals surface area contributed by atoms with E-state index in [0.717, 1.165) is 11.1 Å². The summed E-state index contributed by atoms with van der Waals surface area (Å²) >= 11 is 11.9. The van der Waals surface area contributed by atoms with Crippen molar-refractivity contribution in [2.24, 2.45) is 0 Å². The van der Waals surface area contributed by atoms with Gasteiger partial charge in [-0.15, -0.1) is 0 Å². The minimum atomic E-state index is -0.376. The zero-order valence-electron chi connectivity index (χ0n) is 16.5. The minimum Gasteiger partial charge on any atom is -0.483 e. The van der Waals surface area contributed by atoms with Gasteiger partial charge in [-0.3, -0.25) is 9.59 Å². The Morgan fingerprint density at radius 3 is 2.33 bits per heavy atom. The van der Waals surface area contributed by atoms with E-state index in [-0.39, 0.29) is 23.4 Å². The van der Waals surface area contributed by atoms with Crippen molar-refractivity contribution >= 4 is 46.4 Å². The van der Waals surface area contributed by atoms with Crippen LogP contribution in [0.2, 0.25) is 10.0 Å². The standard InChI is InChI=1S/C23H20Cl2N2O3/c1-14-5-3-8-21(15(14)2)30-13-22(28)26-17-6-4-7-18(12-17)27-23(29)19-10-9-16(24)11-20(19)25/h3-12H,13H2,1-2H3,(H,26,28)(H,27,29). The lowest BCUT2D eigenvalue weighted by atomic mass is 10.1. The van der Waals surface area contributed by atoms with Gasteiger partial charge in [-0.05, 0) is 67.4 Å². The molecule has 154 valence electrons. The average Bonchev–Trinajstić information content (AvgIpc) is 2.69. The third-order valence-corrected chi connectivity index (χ3v) is 5.04. The van der Waals surface area contributed by atoms with Gasteiger partial charge in [0.1, 0.15) is 5.75 Å². The van der Waals surface area contributed by atoms with Crippen LogP contribution >= 0.6 is 23.2 Å². The Balaban J connectivity index is 1.61. The van der Waals surface area contributed by atoms with Gasteiger partial charge in [0.15, 0.2) is 6.61 Å². The van der Waals surface area contributed by atoms with Gasteiger partial charge in [-0.2, -0.15) is 0 Å². The molecule has 0 aliphatic carbocycles. The third kappa shape index (κ3) is 5.53. The van der Waals surface area contributed by atoms with Gasteiger partial charge in [0, 0.05) is 16.4 Å². The molecule has 2 N–H and O–H groups in total. The molecule has 3 rings (SSSR count). The summed E-state index contributed by atoms with van der Waals surface area (Å²) in [5, 5.41) is 6.22. The summed E-state index contributed by atoms with van der Waals surface area (Å²) in [5.41, 5.74) is 3.44. The number of carbonyl (C=O) groups is 2. The monoisotopic (exact) mass is 442 g/mol. The van der Waals surface area contributed by atoms with Gasteiger partial charge in [0.05, 0.1) is 10.6 Å². The number of rotatable bonds is 6. The van der Waals surface area contributed by atoms with Gasteiger partial charge in [-0.25, -0.2) is 0 Å². The normalized spacial score (nSPS) is 10.4. The molecule has 0 saturated heterocycles. The van der Waals surface area contributed by atoms with Crippen molar-refractivity contribution in [1.29, 1.82) is 0 Å². The number of amides is 2. The van der Waals surface area contributed by atoms with Crippen LogP contribution in [0.15, 0.2) is 60.7 Å². The van der Waals surface area contributed by atoms with E-state index in [2.05, 4.69) is 10.6 Å². The fourth-order valence-electron chi connectivity index (χ4n) is 2.77. The van der Waals surface area contributed by atoms with Crippen LogP contribution in [0.5, 0.6) is 5.75 Å². The van der Waals surface area contributed by atoms with Crippen LogP contribution in [-0.4, -0.2) is 18.4 Å². The van der Waals surface area contributed by atoms with Crippen molar-refractivity contribution in [3.8, 4) is 5.75 Å². The number of benzene rings is 3. The highest BCUT2D eigenvalue weighted by Gasteiger charge is 2.12. The molecule has 0 bridgehead atoms. The molecular weight excluding hydrogens is 423 g/mol. The van der Waals surface area contributed by atoms with E-state index in [1.54, 1.807) is 36.4 Å². The number of nitrogens with one attached hydrogen (secondary N) is 2. The van der Waals surface area contributed by atoms with Crippen molar-refractivity contribution in [3.63, 3.8) is 0 Å². The van der Waals surface area contributed by atoms with E-state index in [9.17, 15) is 9.59 Å². The summed E-state index contributed by atoms with van der Waals surface area (Å²) in [5.74, 6) is -0.00969. The summed E-state index contributed by atoms with van der Waals surface area (Å²) in [6.07, 6.45) is 0. The summed E-state index contributed by atoms with van der Waals surface area (Å²) < 4.78 is 5.62. The van der Waals surface area contributed by atoms with Crippen LogP contribution in [0.1, 0.15) is 21.5 Å². The highest BCUT2D eigenvalue weighted by atomic mass is 35.5. The lowest BCUT2D eigenvalue weighted by molar-refractivity contribution is -0.118. The SMILES string of the molecule is Cc1cccc(OCC(=O)Nc2cccc(NC(=O)c3ccc(Cl)cc3Cl)c2)c1C. The zero-order chi connectivity index (χ0) is 21.7. The molecule has 3 aromatic rings. The Kier molecular flexibility index (Phi) is 6.98. The zero-order valence-corrected chi connectivity index (χ0v) is 18.0. The molecule has 0 atom stereocenters. The summed E-state index contributed by atoms with van der Waals surface area (Å²) in [6.45, 7) is 3.81. The number of aryl methyl sites for hydroxylation is 1. The van der Waals surface area contributed by atoms with Gasteiger partial charge in [0.2, 0.25) is 0 Å². The number of halogens is 2. The number of ether oxygens (including phenoxy) is 1. The van der Waals surface area contributed by atoms with Crippen molar-refractivity contribution in [2.75, 3.05) is 17.2 Å². The summed E-state index contributed by atoms with van der Waals surface area (Å²) in [6, 6.07) is 17.2. The number of hydrogen-bond donors (Lipinski definition) is 2. The first-order valence-corrected chi connectivity index (χ1v) is 9.94. The number of carbonyl (C=O) groups excluding carboxylic acids is 2. The second kappa shape index (κ2) is 9.65. The van der Waals surface area contributed by atoms with E-state index in [1.165, 1.54) is 6.07 Å². The molecule has 5 nitrogen and oxygen atoms in total. The van der Waals surface area contributed by atoms with E-state index in [4.69, 9.17) is 27.9 Å². The third-order valence-electron chi connectivity index (χ3n) is 4.49. The number of hydrogen-bond acceptors (Lipinski definition) is 3. The summed E-state index contributed by atoms with van der Waals surface area (Å²) in [7, 11) is 0. The predicted octanol–water partition coefficient (Wildman–Crippen LogP) is 5.88. The fourth-order valence-corrected chi connectivity index (χ4v) is 3.26. The van der Waals surface area contributed by atoms with Crippen LogP contribution in [0.4, 0.5) is 11.4 Å². The molecule has 0 radical (unpaired) electrons. The smallest absolute Gasteiger partial charge is 0.262 e. The minimum absolute atomic E-state index is 0.124. The molecular formula is C23H20Cl2N2O3. The van der Waals surface area contributed by atoms with Crippen molar-refractivity contribution in [3.05, 3.63) is 87.4 Å². The molecule has 0 saturated carbocycles. The van der Waals surface area contributed by atoms with Gasteiger partial charge >= 0.3 is 0 Å². The Labute approximate surface area is 185 Å². The van der Waals surface area contributed by atoms with Crippen LogP contribution in [0, 0.1) is 13.8 Å². The molecule has 30 heavy (non-hydrogen) atoms. The molecule has 7 heteroatoms. The highest BCUT2D eigenvalue weighted by Crippen LogP contribution is 2.23. The van der Waals surface area contributed by atoms with E-state index in [0.29, 0.717) is 27.7 Å². The average molecular weight is 443 g/mol. The highest BCUT2D eigenvalue weighted by molar-refractivity contribution is 6.37. The molecule has 0 aliphatic rings. The van der Waals surface area contributed by atoms with Crippen LogP contribution < -0.4 is 15.4 Å². The molecule has 2 amide bonds. The second-order valence-electron chi connectivity index (χ2n) is 6.69.